The fourth-order valence-electron chi connectivity index (χ4n) is 2.48. The molecule has 0 radical (unpaired) electrons. The summed E-state index contributed by atoms with van der Waals surface area (Å²) >= 11 is 0. The smallest absolute Gasteiger partial charge is 0.00418 e. The van der Waals surface area contributed by atoms with E-state index in [1.54, 1.807) is 0 Å². The molecule has 0 unspecified atom stereocenters. The van der Waals surface area contributed by atoms with E-state index in [0.29, 0.717) is 0 Å². The molecule has 0 bridgehead atoms. The van der Waals surface area contributed by atoms with Crippen molar-refractivity contribution < 1.29 is 0 Å². The van der Waals surface area contributed by atoms with Crippen LogP contribution in [0.5, 0.6) is 0 Å². The topological polar surface area (TPSA) is 29.3 Å². The number of aryl methyl sites for hydroxylation is 3. The zero-order valence-electron chi connectivity index (χ0n) is 13.5. The maximum atomic E-state index is 5.80. The van der Waals surface area contributed by atoms with Crippen molar-refractivity contribution in [2.45, 2.75) is 41.0 Å². The Kier molecular flexibility index (Phi) is 5.57. The fourth-order valence-corrected chi connectivity index (χ4v) is 2.48. The van der Waals surface area contributed by atoms with Crippen LogP contribution in [-0.4, -0.2) is 31.6 Å². The first kappa shape index (κ1) is 16.2. The number of benzene rings is 1. The normalized spacial score (nSPS) is 12.2. The summed E-state index contributed by atoms with van der Waals surface area (Å²) in [7, 11) is 2.19. The molecule has 2 heteroatoms. The Morgan fingerprint density at radius 3 is 2.21 bits per heavy atom. The summed E-state index contributed by atoms with van der Waals surface area (Å²) in [5.41, 5.74) is 11.7. The van der Waals surface area contributed by atoms with Gasteiger partial charge in [-0.3, -0.25) is 0 Å². The molecule has 0 aromatic heterocycles. The van der Waals surface area contributed by atoms with E-state index in [1.165, 1.54) is 22.3 Å². The van der Waals surface area contributed by atoms with Crippen LogP contribution in [0.15, 0.2) is 12.1 Å². The van der Waals surface area contributed by atoms with E-state index < -0.39 is 0 Å². The second-order valence-corrected chi connectivity index (χ2v) is 6.72. The third-order valence-corrected chi connectivity index (χ3v) is 3.97. The van der Waals surface area contributed by atoms with Crippen molar-refractivity contribution in [1.29, 1.82) is 0 Å². The van der Waals surface area contributed by atoms with Crippen molar-refractivity contribution in [3.05, 3.63) is 34.4 Å². The Balaban J connectivity index is 2.60. The molecule has 0 atom stereocenters. The van der Waals surface area contributed by atoms with Gasteiger partial charge in [0.25, 0.3) is 0 Å². The molecule has 0 aliphatic carbocycles. The van der Waals surface area contributed by atoms with Crippen LogP contribution in [0.1, 0.15) is 36.1 Å². The Morgan fingerprint density at radius 2 is 1.63 bits per heavy atom. The number of hydrogen-bond donors (Lipinski definition) is 1. The van der Waals surface area contributed by atoms with E-state index in [-0.39, 0.29) is 5.41 Å². The first-order valence-corrected chi connectivity index (χ1v) is 7.20. The maximum absolute atomic E-state index is 5.80. The Morgan fingerprint density at radius 1 is 1.05 bits per heavy atom. The highest BCUT2D eigenvalue weighted by atomic mass is 15.1. The highest BCUT2D eigenvalue weighted by Gasteiger charge is 2.17. The van der Waals surface area contributed by atoms with E-state index in [0.717, 1.165) is 26.1 Å². The number of nitrogens with two attached hydrogens (primary N) is 1. The van der Waals surface area contributed by atoms with Crippen LogP contribution >= 0.6 is 0 Å². The SMILES string of the molecule is Cc1cc(C)c(CCN(C)CC(C)(C)CN)cc1C. The predicted octanol–water partition coefficient (Wildman–Crippen LogP) is 3.07. The van der Waals surface area contributed by atoms with Gasteiger partial charge in [-0.1, -0.05) is 26.0 Å². The van der Waals surface area contributed by atoms with Gasteiger partial charge in [-0.15, -0.1) is 0 Å². The predicted molar refractivity (Wildman–Crippen MR) is 84.7 cm³/mol. The monoisotopic (exact) mass is 262 g/mol. The summed E-state index contributed by atoms with van der Waals surface area (Å²) < 4.78 is 0. The lowest BCUT2D eigenvalue weighted by Gasteiger charge is -2.29. The van der Waals surface area contributed by atoms with Crippen LogP contribution in [0, 0.1) is 26.2 Å². The van der Waals surface area contributed by atoms with Crippen molar-refractivity contribution >= 4 is 0 Å². The van der Waals surface area contributed by atoms with Crippen molar-refractivity contribution in [1.82, 2.24) is 4.90 Å². The Bertz CT molecular complexity index is 422. The van der Waals surface area contributed by atoms with Gasteiger partial charge in [-0.05, 0) is 68.5 Å². The molecule has 2 nitrogen and oxygen atoms in total. The van der Waals surface area contributed by atoms with Gasteiger partial charge in [0.05, 0.1) is 0 Å². The van der Waals surface area contributed by atoms with Gasteiger partial charge in [0.1, 0.15) is 0 Å². The number of rotatable bonds is 6. The number of likely N-dealkylation sites (N-methyl/N-ethyl adjacent to an activating group) is 1. The van der Waals surface area contributed by atoms with Crippen LogP contribution in [-0.2, 0) is 6.42 Å². The maximum Gasteiger partial charge on any atom is 0.00418 e. The lowest BCUT2D eigenvalue weighted by Crippen LogP contribution is -2.37. The lowest BCUT2D eigenvalue weighted by molar-refractivity contribution is 0.217. The Hall–Kier alpha value is -0.860. The molecule has 0 fully saturated rings. The second kappa shape index (κ2) is 6.53. The summed E-state index contributed by atoms with van der Waals surface area (Å²) in [5, 5.41) is 0. The van der Waals surface area contributed by atoms with Gasteiger partial charge >= 0.3 is 0 Å². The average molecular weight is 262 g/mol. The minimum absolute atomic E-state index is 0.201. The van der Waals surface area contributed by atoms with Gasteiger partial charge in [-0.2, -0.15) is 0 Å². The van der Waals surface area contributed by atoms with Crippen LogP contribution < -0.4 is 5.73 Å². The van der Waals surface area contributed by atoms with E-state index in [4.69, 9.17) is 5.73 Å². The highest BCUT2D eigenvalue weighted by Crippen LogP contribution is 2.17. The second-order valence-electron chi connectivity index (χ2n) is 6.72. The van der Waals surface area contributed by atoms with E-state index in [2.05, 4.69) is 58.7 Å². The van der Waals surface area contributed by atoms with Gasteiger partial charge in [0, 0.05) is 13.1 Å². The van der Waals surface area contributed by atoms with E-state index >= 15 is 0 Å². The molecule has 1 aromatic carbocycles. The first-order chi connectivity index (χ1) is 8.75. The van der Waals surface area contributed by atoms with Crippen molar-refractivity contribution in [2.75, 3.05) is 26.7 Å². The quantitative estimate of drug-likeness (QED) is 0.853. The van der Waals surface area contributed by atoms with Crippen molar-refractivity contribution in [2.24, 2.45) is 11.1 Å². The largest absolute Gasteiger partial charge is 0.330 e. The molecule has 0 spiro atoms. The molecule has 108 valence electrons. The summed E-state index contributed by atoms with van der Waals surface area (Å²) in [6, 6.07) is 4.64. The molecular formula is C17H30N2. The van der Waals surface area contributed by atoms with E-state index in [1.807, 2.05) is 0 Å². The molecule has 0 aliphatic heterocycles. The zero-order valence-corrected chi connectivity index (χ0v) is 13.5. The van der Waals surface area contributed by atoms with Crippen LogP contribution in [0.25, 0.3) is 0 Å². The van der Waals surface area contributed by atoms with Crippen molar-refractivity contribution in [3.63, 3.8) is 0 Å². The minimum atomic E-state index is 0.201. The molecule has 0 amide bonds. The van der Waals surface area contributed by atoms with Crippen LogP contribution in [0.2, 0.25) is 0 Å². The minimum Gasteiger partial charge on any atom is -0.330 e. The molecule has 0 aliphatic rings. The first-order valence-electron chi connectivity index (χ1n) is 7.20. The van der Waals surface area contributed by atoms with Crippen LogP contribution in [0.3, 0.4) is 0 Å². The fraction of sp³-hybridized carbons (Fsp3) is 0.647. The third-order valence-electron chi connectivity index (χ3n) is 3.97. The number of nitrogens with zero attached hydrogens (tertiary/aromatic N) is 1. The van der Waals surface area contributed by atoms with E-state index in [9.17, 15) is 0 Å². The summed E-state index contributed by atoms with van der Waals surface area (Å²) in [4.78, 5) is 2.39. The molecule has 0 heterocycles. The van der Waals surface area contributed by atoms with Gasteiger partial charge in [0.2, 0.25) is 0 Å². The lowest BCUT2D eigenvalue weighted by atomic mass is 9.93. The molecule has 1 aromatic rings. The van der Waals surface area contributed by atoms with Gasteiger partial charge in [0.15, 0.2) is 0 Å². The zero-order chi connectivity index (χ0) is 14.6. The third kappa shape index (κ3) is 4.96. The summed E-state index contributed by atoms with van der Waals surface area (Å²) in [6.07, 6.45) is 1.12. The standard InChI is InChI=1S/C17H30N2/c1-13-9-15(3)16(10-14(13)2)7-8-19(6)12-17(4,5)11-18/h9-10H,7-8,11-12,18H2,1-6H3. The van der Waals surface area contributed by atoms with Gasteiger partial charge < -0.3 is 10.6 Å². The Labute approximate surface area is 119 Å². The highest BCUT2D eigenvalue weighted by molar-refractivity contribution is 5.36. The average Bonchev–Trinajstić information content (AvgIpc) is 2.31. The summed E-state index contributed by atoms with van der Waals surface area (Å²) in [5.74, 6) is 0. The summed E-state index contributed by atoms with van der Waals surface area (Å²) in [6.45, 7) is 13.9. The van der Waals surface area contributed by atoms with Crippen LogP contribution in [0.4, 0.5) is 0 Å². The molecule has 19 heavy (non-hydrogen) atoms. The van der Waals surface area contributed by atoms with Gasteiger partial charge in [-0.25, -0.2) is 0 Å². The molecule has 2 N–H and O–H groups in total. The molecular weight excluding hydrogens is 232 g/mol. The molecule has 0 saturated carbocycles. The van der Waals surface area contributed by atoms with Crippen molar-refractivity contribution in [3.8, 4) is 0 Å². The molecule has 1 rings (SSSR count). The molecule has 0 saturated heterocycles. The number of hydrogen-bond acceptors (Lipinski definition) is 2.